The van der Waals surface area contributed by atoms with Gasteiger partial charge in [0, 0.05) is 6.61 Å². The van der Waals surface area contributed by atoms with Gasteiger partial charge in [-0.25, -0.2) is 9.69 Å². The Kier molecular flexibility index (Phi) is 8.09. The minimum Gasteiger partial charge on any atom is -0.447 e. The number of carbonyl (C=O) groups is 2. The number of amides is 2. The average Bonchev–Trinajstić information content (AvgIpc) is 3.28. The van der Waals surface area contributed by atoms with Crippen LogP contribution in [0.5, 0.6) is 0 Å². The van der Waals surface area contributed by atoms with Crippen LogP contribution >= 0.6 is 0 Å². The van der Waals surface area contributed by atoms with Crippen molar-refractivity contribution in [3.63, 3.8) is 0 Å². The molecule has 0 bridgehead atoms. The van der Waals surface area contributed by atoms with Crippen molar-refractivity contribution in [3.05, 3.63) is 60.7 Å². The Hall–Kier alpha value is -2.48. The number of benzene rings is 2. The van der Waals surface area contributed by atoms with E-state index in [9.17, 15) is 9.59 Å². The van der Waals surface area contributed by atoms with E-state index in [1.54, 1.807) is 0 Å². The van der Waals surface area contributed by atoms with Crippen LogP contribution in [-0.2, 0) is 18.7 Å². The first-order valence-electron chi connectivity index (χ1n) is 12.7. The lowest BCUT2D eigenvalue weighted by Gasteiger charge is -2.43. The van der Waals surface area contributed by atoms with Crippen molar-refractivity contribution in [1.82, 2.24) is 4.90 Å². The van der Waals surface area contributed by atoms with Crippen molar-refractivity contribution in [3.8, 4) is 0 Å². The fraction of sp³-hybridized carbons (Fsp3) is 0.500. The topological polar surface area (TPSA) is 65.1 Å². The van der Waals surface area contributed by atoms with E-state index in [2.05, 4.69) is 81.4 Å². The van der Waals surface area contributed by atoms with Crippen LogP contribution in [0.3, 0.4) is 0 Å². The number of nitrogens with zero attached hydrogens (tertiary/aromatic N) is 1. The van der Waals surface area contributed by atoms with Crippen molar-refractivity contribution in [1.29, 1.82) is 0 Å². The second kappa shape index (κ2) is 11.1. The first kappa shape index (κ1) is 25.6. The maximum absolute atomic E-state index is 12.5. The summed E-state index contributed by atoms with van der Waals surface area (Å²) in [6, 6.07) is 21.3. The summed E-state index contributed by atoms with van der Waals surface area (Å²) < 4.78 is 18.2. The number of hydrogen-bond acceptors (Lipinski definition) is 5. The molecule has 2 atom stereocenters. The zero-order valence-electron chi connectivity index (χ0n) is 21.1. The lowest BCUT2D eigenvalue weighted by molar-refractivity contribution is -0.134. The van der Waals surface area contributed by atoms with E-state index < -0.39 is 14.4 Å². The van der Waals surface area contributed by atoms with Crippen molar-refractivity contribution in [2.75, 3.05) is 19.8 Å². The largest absolute Gasteiger partial charge is 0.447 e. The standard InChI is InChI=1S/C28H37NO5Si/c1-28(2,3)35(24-13-6-4-7-14-24,25-15-8-5-9-16-25)33-19-17-22-11-10-12-23(34-22)21-26(30)29-18-20-32-27(29)31/h4-9,13-16,22-23H,10-12,17-21H2,1-3H3/t22-,23+/m0/s1. The Morgan fingerprint density at radius 3 is 2.14 bits per heavy atom. The predicted octanol–water partition coefficient (Wildman–Crippen LogP) is 4.26. The molecule has 0 unspecified atom stereocenters. The number of cyclic esters (lactones) is 1. The first-order valence-corrected chi connectivity index (χ1v) is 14.6. The molecule has 6 nitrogen and oxygen atoms in total. The van der Waals surface area contributed by atoms with Gasteiger partial charge in [0.25, 0.3) is 8.32 Å². The molecule has 0 radical (unpaired) electrons. The third-order valence-corrected chi connectivity index (χ3v) is 12.1. The van der Waals surface area contributed by atoms with E-state index >= 15 is 0 Å². The van der Waals surface area contributed by atoms with Crippen LogP contribution in [0.15, 0.2) is 60.7 Å². The van der Waals surface area contributed by atoms with E-state index in [-0.39, 0.29) is 36.2 Å². The van der Waals surface area contributed by atoms with E-state index in [0.29, 0.717) is 13.2 Å². The molecule has 0 saturated carbocycles. The van der Waals surface area contributed by atoms with Crippen LogP contribution in [0.25, 0.3) is 0 Å². The second-order valence-electron chi connectivity index (χ2n) is 10.5. The minimum absolute atomic E-state index is 0.0466. The summed E-state index contributed by atoms with van der Waals surface area (Å²) in [6.07, 6.45) is 3.14. The zero-order valence-corrected chi connectivity index (χ0v) is 22.1. The highest BCUT2D eigenvalue weighted by Gasteiger charge is 2.50. The number of hydrogen-bond donors (Lipinski definition) is 0. The molecule has 2 fully saturated rings. The number of rotatable bonds is 8. The molecule has 2 saturated heterocycles. The molecule has 0 spiro atoms. The van der Waals surface area contributed by atoms with Gasteiger partial charge in [-0.15, -0.1) is 0 Å². The molecule has 0 aromatic heterocycles. The van der Waals surface area contributed by atoms with Gasteiger partial charge in [-0.2, -0.15) is 0 Å². The monoisotopic (exact) mass is 495 g/mol. The Balaban J connectivity index is 1.44. The van der Waals surface area contributed by atoms with Crippen LogP contribution in [0.4, 0.5) is 4.79 Å². The van der Waals surface area contributed by atoms with Gasteiger partial charge in [0.15, 0.2) is 0 Å². The van der Waals surface area contributed by atoms with Crippen LogP contribution in [0, 0.1) is 0 Å². The fourth-order valence-corrected chi connectivity index (χ4v) is 9.95. The van der Waals surface area contributed by atoms with Gasteiger partial charge >= 0.3 is 6.09 Å². The Labute approximate surface area is 209 Å². The predicted molar refractivity (Wildman–Crippen MR) is 138 cm³/mol. The minimum atomic E-state index is -2.57. The highest BCUT2D eigenvalue weighted by atomic mass is 28.4. The molecule has 2 heterocycles. The molecule has 188 valence electrons. The second-order valence-corrected chi connectivity index (χ2v) is 14.8. The number of carbonyl (C=O) groups excluding carboxylic acids is 2. The SMILES string of the molecule is CC(C)(C)[Si](OCC[C@@H]1CCC[C@H](CC(=O)N2CCOC2=O)O1)(c1ccccc1)c1ccccc1. The number of imide groups is 1. The summed E-state index contributed by atoms with van der Waals surface area (Å²) in [5.41, 5.74) is 0. The van der Waals surface area contributed by atoms with E-state index in [1.165, 1.54) is 15.3 Å². The van der Waals surface area contributed by atoms with Crippen molar-refractivity contribution < 1.29 is 23.5 Å². The molecular weight excluding hydrogens is 458 g/mol. The van der Waals surface area contributed by atoms with Gasteiger partial charge in [0.05, 0.1) is 25.2 Å². The normalized spacial score (nSPS) is 21.1. The molecule has 2 amide bonds. The lowest BCUT2D eigenvalue weighted by Crippen LogP contribution is -2.66. The van der Waals surface area contributed by atoms with E-state index in [0.717, 1.165) is 25.7 Å². The van der Waals surface area contributed by atoms with E-state index in [1.807, 2.05) is 0 Å². The van der Waals surface area contributed by atoms with Crippen molar-refractivity contribution >= 4 is 30.7 Å². The van der Waals surface area contributed by atoms with Gasteiger partial charge < -0.3 is 13.9 Å². The van der Waals surface area contributed by atoms with Gasteiger partial charge in [0.2, 0.25) is 5.91 Å². The van der Waals surface area contributed by atoms with Crippen molar-refractivity contribution in [2.45, 2.75) is 70.1 Å². The Morgan fingerprint density at radius 2 is 1.60 bits per heavy atom. The summed E-state index contributed by atoms with van der Waals surface area (Å²) in [5.74, 6) is -0.207. The molecule has 2 aliphatic rings. The van der Waals surface area contributed by atoms with Crippen LogP contribution in [0.2, 0.25) is 5.04 Å². The number of ether oxygens (including phenoxy) is 2. The van der Waals surface area contributed by atoms with Crippen LogP contribution in [0.1, 0.15) is 52.9 Å². The first-order chi connectivity index (χ1) is 16.8. The van der Waals surface area contributed by atoms with Crippen LogP contribution in [-0.4, -0.2) is 57.2 Å². The third-order valence-electron chi connectivity index (χ3n) is 7.08. The maximum Gasteiger partial charge on any atom is 0.416 e. The highest BCUT2D eigenvalue weighted by Crippen LogP contribution is 2.37. The molecule has 0 N–H and O–H groups in total. The molecule has 0 aliphatic carbocycles. The quantitative estimate of drug-likeness (QED) is 0.512. The van der Waals surface area contributed by atoms with Crippen molar-refractivity contribution in [2.24, 2.45) is 0 Å². The molecule has 35 heavy (non-hydrogen) atoms. The lowest BCUT2D eigenvalue weighted by atomic mass is 10.00. The van der Waals surface area contributed by atoms with Crippen LogP contribution < -0.4 is 10.4 Å². The average molecular weight is 496 g/mol. The summed E-state index contributed by atoms with van der Waals surface area (Å²) in [5, 5.41) is 2.47. The summed E-state index contributed by atoms with van der Waals surface area (Å²) >= 11 is 0. The molecular formula is C28H37NO5Si. The van der Waals surface area contributed by atoms with Gasteiger partial charge in [-0.3, -0.25) is 4.79 Å². The zero-order chi connectivity index (χ0) is 24.9. The smallest absolute Gasteiger partial charge is 0.416 e. The summed E-state index contributed by atoms with van der Waals surface area (Å²) in [4.78, 5) is 25.4. The molecule has 4 rings (SSSR count). The third kappa shape index (κ3) is 5.68. The van der Waals surface area contributed by atoms with Gasteiger partial charge in [-0.05, 0) is 41.1 Å². The fourth-order valence-electron chi connectivity index (χ4n) is 5.37. The molecule has 2 aliphatic heterocycles. The summed E-state index contributed by atoms with van der Waals surface area (Å²) in [7, 11) is -2.57. The van der Waals surface area contributed by atoms with E-state index in [4.69, 9.17) is 13.9 Å². The highest BCUT2D eigenvalue weighted by molar-refractivity contribution is 6.99. The van der Waals surface area contributed by atoms with Gasteiger partial charge in [0.1, 0.15) is 6.61 Å². The Bertz CT molecular complexity index is 952. The Morgan fingerprint density at radius 1 is 1.00 bits per heavy atom. The molecule has 2 aromatic carbocycles. The maximum atomic E-state index is 12.5. The molecule has 2 aromatic rings. The molecule has 7 heteroatoms. The summed E-state index contributed by atoms with van der Waals surface area (Å²) in [6.45, 7) is 8.04. The van der Waals surface area contributed by atoms with Gasteiger partial charge in [-0.1, -0.05) is 81.4 Å².